The molecule has 2 aromatic heterocycles. The number of nitrogens with two attached hydrogens (primary N) is 1. The molecule has 96 valence electrons. The first-order chi connectivity index (χ1) is 9.22. The van der Waals surface area contributed by atoms with Gasteiger partial charge in [0.1, 0.15) is 18.2 Å². The van der Waals surface area contributed by atoms with Crippen LogP contribution in [0.1, 0.15) is 5.82 Å². The van der Waals surface area contributed by atoms with Crippen molar-refractivity contribution in [3.05, 3.63) is 52.8 Å². The molecule has 0 unspecified atom stereocenters. The number of ether oxygens (including phenoxy) is 1. The zero-order chi connectivity index (χ0) is 13.2. The molecule has 0 amide bonds. The molecule has 1 aromatic carbocycles. The number of anilines is 1. The van der Waals surface area contributed by atoms with Gasteiger partial charge < -0.3 is 10.5 Å². The third-order valence-electron chi connectivity index (χ3n) is 2.60. The summed E-state index contributed by atoms with van der Waals surface area (Å²) in [6.45, 7) is 0.303. The van der Waals surface area contributed by atoms with Gasteiger partial charge in [-0.2, -0.15) is 4.52 Å². The number of hydrogen-bond donors (Lipinski definition) is 1. The van der Waals surface area contributed by atoms with Crippen molar-refractivity contribution in [2.75, 3.05) is 5.73 Å². The molecule has 2 N–H and O–H groups in total. The minimum absolute atomic E-state index is 0.303. The third-order valence-corrected chi connectivity index (χ3v) is 3.09. The van der Waals surface area contributed by atoms with E-state index >= 15 is 0 Å². The molecule has 0 aliphatic carbocycles. The molecule has 5 nitrogen and oxygen atoms in total. The predicted molar refractivity (Wildman–Crippen MR) is 75.9 cm³/mol. The van der Waals surface area contributed by atoms with E-state index in [0.29, 0.717) is 23.9 Å². The van der Waals surface area contributed by atoms with Crippen molar-refractivity contribution in [3.8, 4) is 5.75 Å². The molecule has 0 spiro atoms. The zero-order valence-electron chi connectivity index (χ0n) is 9.95. The molecule has 6 heteroatoms. The minimum Gasteiger partial charge on any atom is -0.485 e. The summed E-state index contributed by atoms with van der Waals surface area (Å²) in [5.74, 6) is 1.91. The van der Waals surface area contributed by atoms with Crippen LogP contribution in [0.3, 0.4) is 0 Å². The Labute approximate surface area is 118 Å². The molecule has 0 saturated heterocycles. The molecule has 0 radical (unpaired) electrons. The Kier molecular flexibility index (Phi) is 3.08. The van der Waals surface area contributed by atoms with Gasteiger partial charge >= 0.3 is 0 Å². The van der Waals surface area contributed by atoms with Gasteiger partial charge in [0.2, 0.25) is 0 Å². The molecule has 0 saturated carbocycles. The van der Waals surface area contributed by atoms with Gasteiger partial charge in [0.05, 0.1) is 0 Å². The highest BCUT2D eigenvalue weighted by Crippen LogP contribution is 2.18. The van der Waals surface area contributed by atoms with Crippen molar-refractivity contribution < 1.29 is 4.74 Å². The average molecular weight is 319 g/mol. The standard InChI is InChI=1S/C13H11BrN4O/c14-9-3-1-4-10(7-9)19-8-12-16-13-6-2-5-11(15)18(13)17-12/h1-7H,8,15H2. The quantitative estimate of drug-likeness (QED) is 0.806. The summed E-state index contributed by atoms with van der Waals surface area (Å²) in [6, 6.07) is 13.1. The number of fused-ring (bicyclic) bond motifs is 1. The summed E-state index contributed by atoms with van der Waals surface area (Å²) in [6.07, 6.45) is 0. The van der Waals surface area contributed by atoms with Crippen LogP contribution in [0.15, 0.2) is 46.9 Å². The van der Waals surface area contributed by atoms with Crippen LogP contribution in [0.4, 0.5) is 5.82 Å². The number of aromatic nitrogens is 3. The lowest BCUT2D eigenvalue weighted by atomic mass is 10.3. The number of hydrogen-bond acceptors (Lipinski definition) is 4. The fourth-order valence-corrected chi connectivity index (χ4v) is 2.11. The van der Waals surface area contributed by atoms with Gasteiger partial charge in [-0.15, -0.1) is 5.10 Å². The molecule has 3 aromatic rings. The molecule has 3 rings (SSSR count). The number of halogens is 1. The average Bonchev–Trinajstić information content (AvgIpc) is 2.81. The molecule has 0 bridgehead atoms. The van der Waals surface area contributed by atoms with Crippen molar-refractivity contribution >= 4 is 27.4 Å². The number of rotatable bonds is 3. The highest BCUT2D eigenvalue weighted by atomic mass is 79.9. The van der Waals surface area contributed by atoms with E-state index in [1.165, 1.54) is 0 Å². The lowest BCUT2D eigenvalue weighted by molar-refractivity contribution is 0.296. The summed E-state index contributed by atoms with van der Waals surface area (Å²) in [5, 5.41) is 4.29. The Bertz CT molecular complexity index is 725. The SMILES string of the molecule is Nc1cccc2nc(COc3cccc(Br)c3)nn12. The van der Waals surface area contributed by atoms with Crippen LogP contribution in [-0.4, -0.2) is 14.6 Å². The maximum atomic E-state index is 5.81. The maximum absolute atomic E-state index is 5.81. The molecule has 2 heterocycles. The Morgan fingerprint density at radius 3 is 2.84 bits per heavy atom. The van der Waals surface area contributed by atoms with Crippen LogP contribution in [0.5, 0.6) is 5.75 Å². The first kappa shape index (κ1) is 12.0. The van der Waals surface area contributed by atoms with Crippen LogP contribution < -0.4 is 10.5 Å². The molecule has 0 aliphatic heterocycles. The largest absolute Gasteiger partial charge is 0.485 e. The van der Waals surface area contributed by atoms with Gasteiger partial charge in [-0.3, -0.25) is 0 Å². The number of nitrogen functional groups attached to an aromatic ring is 1. The zero-order valence-corrected chi connectivity index (χ0v) is 11.5. The first-order valence-electron chi connectivity index (χ1n) is 5.71. The highest BCUT2D eigenvalue weighted by molar-refractivity contribution is 9.10. The van der Waals surface area contributed by atoms with Crippen LogP contribution in [0.25, 0.3) is 5.65 Å². The van der Waals surface area contributed by atoms with E-state index in [1.54, 1.807) is 10.6 Å². The van der Waals surface area contributed by atoms with Crippen molar-refractivity contribution in [1.82, 2.24) is 14.6 Å². The van der Waals surface area contributed by atoms with Crippen molar-refractivity contribution in [1.29, 1.82) is 0 Å². The Hall–Kier alpha value is -2.08. The normalized spacial score (nSPS) is 10.8. The van der Waals surface area contributed by atoms with Crippen LogP contribution in [0, 0.1) is 0 Å². The molecule has 0 fully saturated rings. The van der Waals surface area contributed by atoms with E-state index in [9.17, 15) is 0 Å². The highest BCUT2D eigenvalue weighted by Gasteiger charge is 2.06. The summed E-state index contributed by atoms with van der Waals surface area (Å²) < 4.78 is 8.20. The second kappa shape index (κ2) is 4.89. The smallest absolute Gasteiger partial charge is 0.189 e. The lowest BCUT2D eigenvalue weighted by Gasteiger charge is -2.03. The maximum Gasteiger partial charge on any atom is 0.189 e. The fourth-order valence-electron chi connectivity index (χ4n) is 1.74. The third kappa shape index (κ3) is 2.53. The summed E-state index contributed by atoms with van der Waals surface area (Å²) in [5.41, 5.74) is 6.53. The van der Waals surface area contributed by atoms with Gasteiger partial charge in [-0.05, 0) is 30.3 Å². The topological polar surface area (TPSA) is 65.4 Å². The Morgan fingerprint density at radius 1 is 1.21 bits per heavy atom. The van der Waals surface area contributed by atoms with Crippen LogP contribution in [0.2, 0.25) is 0 Å². The van der Waals surface area contributed by atoms with E-state index in [4.69, 9.17) is 10.5 Å². The van der Waals surface area contributed by atoms with Gasteiger partial charge in [-0.25, -0.2) is 4.98 Å². The molecule has 19 heavy (non-hydrogen) atoms. The van der Waals surface area contributed by atoms with Gasteiger partial charge in [-0.1, -0.05) is 28.1 Å². The van der Waals surface area contributed by atoms with E-state index < -0.39 is 0 Å². The van der Waals surface area contributed by atoms with E-state index in [2.05, 4.69) is 26.0 Å². The van der Waals surface area contributed by atoms with Crippen LogP contribution in [-0.2, 0) is 6.61 Å². The lowest BCUT2D eigenvalue weighted by Crippen LogP contribution is -2.00. The van der Waals surface area contributed by atoms with Gasteiger partial charge in [0.25, 0.3) is 0 Å². The van der Waals surface area contributed by atoms with Gasteiger partial charge in [0, 0.05) is 4.47 Å². The molecular weight excluding hydrogens is 308 g/mol. The van der Waals surface area contributed by atoms with E-state index in [0.717, 1.165) is 10.2 Å². The molecular formula is C13H11BrN4O. The molecule has 0 atom stereocenters. The predicted octanol–water partition coefficient (Wildman–Crippen LogP) is 2.65. The summed E-state index contributed by atoms with van der Waals surface area (Å²) >= 11 is 3.39. The Morgan fingerprint density at radius 2 is 2.05 bits per heavy atom. The number of benzene rings is 1. The Balaban J connectivity index is 1.80. The first-order valence-corrected chi connectivity index (χ1v) is 6.50. The summed E-state index contributed by atoms with van der Waals surface area (Å²) in [7, 11) is 0. The monoisotopic (exact) mass is 318 g/mol. The number of nitrogens with zero attached hydrogens (tertiary/aromatic N) is 3. The van der Waals surface area contributed by atoms with E-state index in [-0.39, 0.29) is 0 Å². The molecule has 0 aliphatic rings. The van der Waals surface area contributed by atoms with E-state index in [1.807, 2.05) is 36.4 Å². The van der Waals surface area contributed by atoms with Crippen molar-refractivity contribution in [2.24, 2.45) is 0 Å². The van der Waals surface area contributed by atoms with Crippen LogP contribution >= 0.6 is 15.9 Å². The number of pyridine rings is 1. The van der Waals surface area contributed by atoms with Gasteiger partial charge in [0.15, 0.2) is 11.5 Å². The van der Waals surface area contributed by atoms with Crippen molar-refractivity contribution in [2.45, 2.75) is 6.61 Å². The van der Waals surface area contributed by atoms with Crippen molar-refractivity contribution in [3.63, 3.8) is 0 Å². The summed E-state index contributed by atoms with van der Waals surface area (Å²) in [4.78, 5) is 4.35. The fraction of sp³-hybridized carbons (Fsp3) is 0.0769. The second-order valence-corrected chi connectivity index (χ2v) is 4.91. The minimum atomic E-state index is 0.303. The second-order valence-electron chi connectivity index (χ2n) is 3.99.